The van der Waals surface area contributed by atoms with Crippen molar-refractivity contribution < 1.29 is 0 Å². The van der Waals surface area contributed by atoms with Gasteiger partial charge in [0.15, 0.2) is 0 Å². The second kappa shape index (κ2) is 2.66. The lowest BCUT2D eigenvalue weighted by Gasteiger charge is -2.02. The van der Waals surface area contributed by atoms with E-state index in [1.165, 1.54) is 12.0 Å². The highest BCUT2D eigenvalue weighted by Gasteiger charge is 2.17. The zero-order chi connectivity index (χ0) is 7.68. The quantitative estimate of drug-likeness (QED) is 0.633. The number of hydrogen-bond acceptors (Lipinski definition) is 2. The number of aromatic nitrogens is 2. The number of hydrogen-bond donors (Lipinski definition) is 1. The molecule has 3 nitrogen and oxygen atoms in total. The molecule has 0 aromatic carbocycles. The summed E-state index contributed by atoms with van der Waals surface area (Å²) in [5, 5.41) is 7.49. The van der Waals surface area contributed by atoms with E-state index in [1.54, 1.807) is 0 Å². The molecular formula is C8H13N3. The highest BCUT2D eigenvalue weighted by molar-refractivity contribution is 5.13. The van der Waals surface area contributed by atoms with Crippen LogP contribution in [0.2, 0.25) is 0 Å². The van der Waals surface area contributed by atoms with Crippen molar-refractivity contribution in [1.29, 1.82) is 0 Å². The van der Waals surface area contributed by atoms with Crippen molar-refractivity contribution in [3.63, 3.8) is 0 Å². The van der Waals surface area contributed by atoms with E-state index in [1.807, 2.05) is 17.9 Å². The van der Waals surface area contributed by atoms with E-state index in [2.05, 4.69) is 16.6 Å². The topological polar surface area (TPSA) is 29.9 Å². The predicted molar refractivity (Wildman–Crippen MR) is 43.4 cm³/mol. The Hall–Kier alpha value is -0.830. The van der Waals surface area contributed by atoms with Crippen molar-refractivity contribution in [3.05, 3.63) is 18.0 Å². The molecule has 1 aromatic heterocycles. The van der Waals surface area contributed by atoms with Gasteiger partial charge < -0.3 is 5.32 Å². The van der Waals surface area contributed by atoms with Crippen LogP contribution in [0.3, 0.4) is 0 Å². The Bertz CT molecular complexity index is 235. The van der Waals surface area contributed by atoms with E-state index in [0.717, 1.165) is 13.1 Å². The first-order valence-electron chi connectivity index (χ1n) is 4.05. The molecule has 1 saturated heterocycles. The minimum absolute atomic E-state index is 0.698. The molecule has 60 valence electrons. The summed E-state index contributed by atoms with van der Waals surface area (Å²) in [6, 6.07) is 0. The van der Waals surface area contributed by atoms with Crippen molar-refractivity contribution in [2.45, 2.75) is 12.3 Å². The van der Waals surface area contributed by atoms with Crippen molar-refractivity contribution >= 4 is 0 Å². The summed E-state index contributed by atoms with van der Waals surface area (Å²) in [6.07, 6.45) is 5.33. The van der Waals surface area contributed by atoms with Gasteiger partial charge in [-0.25, -0.2) is 0 Å². The molecule has 0 bridgehead atoms. The number of aryl methyl sites for hydroxylation is 1. The molecule has 0 amide bonds. The van der Waals surface area contributed by atoms with Gasteiger partial charge in [0.1, 0.15) is 0 Å². The SMILES string of the molecule is Cn1cc([C@H]2CCNC2)cn1. The van der Waals surface area contributed by atoms with Crippen LogP contribution in [-0.4, -0.2) is 22.9 Å². The lowest BCUT2D eigenvalue weighted by atomic mass is 10.0. The minimum atomic E-state index is 0.698. The second-order valence-electron chi connectivity index (χ2n) is 3.14. The van der Waals surface area contributed by atoms with Gasteiger partial charge in [-0.05, 0) is 18.5 Å². The molecule has 2 rings (SSSR count). The van der Waals surface area contributed by atoms with Crippen LogP contribution in [0.1, 0.15) is 17.9 Å². The molecule has 0 radical (unpaired) electrons. The summed E-state index contributed by atoms with van der Waals surface area (Å²) in [4.78, 5) is 0. The van der Waals surface area contributed by atoms with Gasteiger partial charge in [0.05, 0.1) is 6.20 Å². The zero-order valence-electron chi connectivity index (χ0n) is 6.75. The minimum Gasteiger partial charge on any atom is -0.316 e. The van der Waals surface area contributed by atoms with Gasteiger partial charge in [-0.15, -0.1) is 0 Å². The lowest BCUT2D eigenvalue weighted by Crippen LogP contribution is -2.07. The molecule has 0 aliphatic carbocycles. The van der Waals surface area contributed by atoms with Gasteiger partial charge in [0, 0.05) is 25.7 Å². The van der Waals surface area contributed by atoms with Crippen molar-refractivity contribution in [3.8, 4) is 0 Å². The smallest absolute Gasteiger partial charge is 0.0524 e. The Balaban J connectivity index is 2.15. The van der Waals surface area contributed by atoms with Crippen LogP contribution in [0, 0.1) is 0 Å². The van der Waals surface area contributed by atoms with Gasteiger partial charge in [0.2, 0.25) is 0 Å². The largest absolute Gasteiger partial charge is 0.316 e. The van der Waals surface area contributed by atoms with Crippen LogP contribution in [0.25, 0.3) is 0 Å². The van der Waals surface area contributed by atoms with E-state index in [-0.39, 0.29) is 0 Å². The van der Waals surface area contributed by atoms with E-state index in [4.69, 9.17) is 0 Å². The van der Waals surface area contributed by atoms with Crippen LogP contribution in [0.15, 0.2) is 12.4 Å². The zero-order valence-corrected chi connectivity index (χ0v) is 6.75. The van der Waals surface area contributed by atoms with Crippen LogP contribution >= 0.6 is 0 Å². The molecule has 1 aliphatic rings. The maximum atomic E-state index is 4.15. The van der Waals surface area contributed by atoms with Gasteiger partial charge in [0.25, 0.3) is 0 Å². The first kappa shape index (κ1) is 6.85. The Kier molecular flexibility index (Phi) is 1.66. The first-order chi connectivity index (χ1) is 5.36. The lowest BCUT2D eigenvalue weighted by molar-refractivity contribution is 0.749. The fourth-order valence-corrected chi connectivity index (χ4v) is 1.59. The first-order valence-corrected chi connectivity index (χ1v) is 4.05. The maximum Gasteiger partial charge on any atom is 0.0524 e. The normalized spacial score (nSPS) is 24.3. The molecule has 1 fully saturated rings. The molecule has 1 aliphatic heterocycles. The van der Waals surface area contributed by atoms with Gasteiger partial charge in [-0.2, -0.15) is 5.10 Å². The molecule has 1 N–H and O–H groups in total. The number of rotatable bonds is 1. The summed E-state index contributed by atoms with van der Waals surface area (Å²) in [5.74, 6) is 0.698. The van der Waals surface area contributed by atoms with E-state index >= 15 is 0 Å². The van der Waals surface area contributed by atoms with Gasteiger partial charge in [-0.1, -0.05) is 0 Å². The highest BCUT2D eigenvalue weighted by Crippen LogP contribution is 2.20. The molecule has 0 spiro atoms. The molecule has 11 heavy (non-hydrogen) atoms. The van der Waals surface area contributed by atoms with Crippen molar-refractivity contribution in [2.75, 3.05) is 13.1 Å². The third-order valence-corrected chi connectivity index (χ3v) is 2.26. The Morgan fingerprint density at radius 2 is 2.64 bits per heavy atom. The standard InChI is InChI=1S/C8H13N3/c1-11-6-8(5-10-11)7-2-3-9-4-7/h5-7,9H,2-4H2,1H3/t7-/m0/s1. The van der Waals surface area contributed by atoms with Crippen molar-refractivity contribution in [1.82, 2.24) is 15.1 Å². The molecule has 1 atom stereocenters. The van der Waals surface area contributed by atoms with Crippen molar-refractivity contribution in [2.24, 2.45) is 7.05 Å². The second-order valence-corrected chi connectivity index (χ2v) is 3.14. The fourth-order valence-electron chi connectivity index (χ4n) is 1.59. The third-order valence-electron chi connectivity index (χ3n) is 2.26. The summed E-state index contributed by atoms with van der Waals surface area (Å²) < 4.78 is 1.87. The summed E-state index contributed by atoms with van der Waals surface area (Å²) in [7, 11) is 1.96. The molecular weight excluding hydrogens is 138 g/mol. The highest BCUT2D eigenvalue weighted by atomic mass is 15.2. The molecule has 1 aromatic rings. The van der Waals surface area contributed by atoms with E-state index in [9.17, 15) is 0 Å². The van der Waals surface area contributed by atoms with Crippen LogP contribution in [0.4, 0.5) is 0 Å². The van der Waals surface area contributed by atoms with Crippen LogP contribution in [-0.2, 0) is 7.05 Å². The number of nitrogens with one attached hydrogen (secondary N) is 1. The van der Waals surface area contributed by atoms with Gasteiger partial charge >= 0.3 is 0 Å². The van der Waals surface area contributed by atoms with E-state index in [0.29, 0.717) is 5.92 Å². The van der Waals surface area contributed by atoms with Gasteiger partial charge in [-0.3, -0.25) is 4.68 Å². The number of nitrogens with zero attached hydrogens (tertiary/aromatic N) is 2. The molecule has 0 unspecified atom stereocenters. The third kappa shape index (κ3) is 1.28. The molecule has 2 heterocycles. The average Bonchev–Trinajstić information content (AvgIpc) is 2.55. The van der Waals surface area contributed by atoms with E-state index < -0.39 is 0 Å². The van der Waals surface area contributed by atoms with Crippen LogP contribution < -0.4 is 5.32 Å². The van der Waals surface area contributed by atoms with Crippen LogP contribution in [0.5, 0.6) is 0 Å². The Morgan fingerprint density at radius 3 is 3.18 bits per heavy atom. The molecule has 0 saturated carbocycles. The molecule has 3 heteroatoms. The summed E-state index contributed by atoms with van der Waals surface area (Å²) >= 11 is 0. The Morgan fingerprint density at radius 1 is 1.73 bits per heavy atom. The maximum absolute atomic E-state index is 4.15. The average molecular weight is 151 g/mol. The monoisotopic (exact) mass is 151 g/mol. The fraction of sp³-hybridized carbons (Fsp3) is 0.625. The predicted octanol–water partition coefficient (Wildman–Crippen LogP) is 0.497. The summed E-state index contributed by atoms with van der Waals surface area (Å²) in [5.41, 5.74) is 1.37. The Labute approximate surface area is 66.4 Å². The summed E-state index contributed by atoms with van der Waals surface area (Å²) in [6.45, 7) is 2.27.